The number of aryl methyl sites for hydroxylation is 2. The minimum absolute atomic E-state index is 0.165. The molecule has 0 aromatic heterocycles. The molecular formula is C18H28N2O2. The van der Waals surface area contributed by atoms with Crippen LogP contribution in [0.3, 0.4) is 0 Å². The Labute approximate surface area is 134 Å². The van der Waals surface area contributed by atoms with E-state index in [1.54, 1.807) is 0 Å². The molecule has 1 aromatic carbocycles. The molecule has 0 bridgehead atoms. The summed E-state index contributed by atoms with van der Waals surface area (Å²) in [6.45, 7) is 14.8. The highest BCUT2D eigenvalue weighted by molar-refractivity contribution is 5.75. The lowest BCUT2D eigenvalue weighted by molar-refractivity contribution is -0.136. The van der Waals surface area contributed by atoms with Crippen LogP contribution in [0.1, 0.15) is 31.9 Å². The van der Waals surface area contributed by atoms with Crippen LogP contribution in [0.15, 0.2) is 18.2 Å². The van der Waals surface area contributed by atoms with Crippen LogP contribution in [0.5, 0.6) is 5.75 Å². The first-order chi connectivity index (χ1) is 10.3. The van der Waals surface area contributed by atoms with E-state index in [1.165, 1.54) is 0 Å². The Morgan fingerprint density at radius 2 is 1.64 bits per heavy atom. The first-order valence-electron chi connectivity index (χ1n) is 8.01. The van der Waals surface area contributed by atoms with Gasteiger partial charge in [-0.3, -0.25) is 14.6 Å². The van der Waals surface area contributed by atoms with Crippen LogP contribution in [0.25, 0.3) is 0 Å². The van der Waals surface area contributed by atoms with Gasteiger partial charge in [-0.15, -0.1) is 0 Å². The Morgan fingerprint density at radius 3 is 2.14 bits per heavy atom. The summed E-state index contributed by atoms with van der Waals surface area (Å²) in [5.41, 5.74) is 2.21. The van der Waals surface area contributed by atoms with Crippen LogP contribution in [0, 0.1) is 13.8 Å². The van der Waals surface area contributed by atoms with E-state index < -0.39 is 0 Å². The molecule has 1 saturated heterocycles. The maximum atomic E-state index is 12.2. The molecule has 0 saturated carbocycles. The molecule has 1 aliphatic heterocycles. The molecule has 0 amide bonds. The summed E-state index contributed by atoms with van der Waals surface area (Å²) >= 11 is 0. The molecule has 122 valence electrons. The summed E-state index contributed by atoms with van der Waals surface area (Å²) in [4.78, 5) is 16.8. The average Bonchev–Trinajstić information content (AvgIpc) is 2.43. The number of nitrogens with zero attached hydrogens (tertiary/aromatic N) is 2. The molecule has 22 heavy (non-hydrogen) atoms. The van der Waals surface area contributed by atoms with Crippen molar-refractivity contribution in [2.24, 2.45) is 0 Å². The number of hydrogen-bond donors (Lipinski definition) is 0. The van der Waals surface area contributed by atoms with Crippen LogP contribution in [-0.2, 0) is 4.79 Å². The molecule has 1 aliphatic rings. The van der Waals surface area contributed by atoms with Crippen LogP contribution < -0.4 is 4.74 Å². The number of benzene rings is 1. The summed E-state index contributed by atoms with van der Waals surface area (Å²) in [6, 6.07) is 5.92. The third-order valence-electron chi connectivity index (χ3n) is 4.30. The standard InChI is InChI=1S/C18H28N2O2/c1-14-7-6-8-15(2)17(14)22-16(21)13-19-9-11-20(12-10-19)18(3,4)5/h6-8H,9-13H2,1-5H3. The fourth-order valence-corrected chi connectivity index (χ4v) is 2.87. The maximum Gasteiger partial charge on any atom is 0.325 e. The van der Waals surface area contributed by atoms with Gasteiger partial charge in [-0.05, 0) is 45.7 Å². The molecule has 0 radical (unpaired) electrons. The smallest absolute Gasteiger partial charge is 0.325 e. The molecule has 0 unspecified atom stereocenters. The molecule has 1 aromatic rings. The van der Waals surface area contributed by atoms with E-state index in [0.29, 0.717) is 12.3 Å². The molecule has 2 rings (SSSR count). The van der Waals surface area contributed by atoms with Crippen molar-refractivity contribution in [1.82, 2.24) is 9.80 Å². The lowest BCUT2D eigenvalue weighted by Crippen LogP contribution is -2.54. The van der Waals surface area contributed by atoms with Crippen molar-refractivity contribution in [2.45, 2.75) is 40.2 Å². The molecule has 1 heterocycles. The van der Waals surface area contributed by atoms with Gasteiger partial charge in [0, 0.05) is 31.7 Å². The Bertz CT molecular complexity index is 506. The van der Waals surface area contributed by atoms with Crippen LogP contribution >= 0.6 is 0 Å². The molecule has 1 fully saturated rings. The Balaban J connectivity index is 1.86. The van der Waals surface area contributed by atoms with Crippen molar-refractivity contribution in [3.8, 4) is 5.75 Å². The molecule has 0 N–H and O–H groups in total. The van der Waals surface area contributed by atoms with Gasteiger partial charge in [0.25, 0.3) is 0 Å². The van der Waals surface area contributed by atoms with Gasteiger partial charge < -0.3 is 4.74 Å². The third-order valence-corrected chi connectivity index (χ3v) is 4.30. The number of carbonyl (C=O) groups excluding carboxylic acids is 1. The lowest BCUT2D eigenvalue weighted by Gasteiger charge is -2.41. The number of piperazine rings is 1. The van der Waals surface area contributed by atoms with E-state index in [1.807, 2.05) is 32.0 Å². The average molecular weight is 304 g/mol. The van der Waals surface area contributed by atoms with Gasteiger partial charge in [-0.25, -0.2) is 0 Å². The number of carbonyl (C=O) groups is 1. The zero-order chi connectivity index (χ0) is 16.3. The largest absolute Gasteiger partial charge is 0.425 e. The molecule has 0 aliphatic carbocycles. The second kappa shape index (κ2) is 6.80. The first kappa shape index (κ1) is 17.0. The third kappa shape index (κ3) is 4.31. The number of ether oxygens (including phenoxy) is 1. The van der Waals surface area contributed by atoms with E-state index >= 15 is 0 Å². The van der Waals surface area contributed by atoms with Crippen LogP contribution in [0.4, 0.5) is 0 Å². The highest BCUT2D eigenvalue weighted by Crippen LogP contribution is 2.22. The number of para-hydroxylation sites is 1. The second-order valence-electron chi connectivity index (χ2n) is 7.13. The van der Waals surface area contributed by atoms with Gasteiger partial charge in [0.15, 0.2) is 0 Å². The summed E-state index contributed by atoms with van der Waals surface area (Å²) in [5.74, 6) is 0.544. The van der Waals surface area contributed by atoms with Crippen LogP contribution in [-0.4, -0.2) is 54.0 Å². The van der Waals surface area contributed by atoms with Gasteiger partial charge in [0.05, 0.1) is 6.54 Å². The van der Waals surface area contributed by atoms with Crippen molar-refractivity contribution in [3.63, 3.8) is 0 Å². The van der Waals surface area contributed by atoms with E-state index in [4.69, 9.17) is 4.74 Å². The zero-order valence-electron chi connectivity index (χ0n) is 14.5. The summed E-state index contributed by atoms with van der Waals surface area (Å²) < 4.78 is 5.58. The van der Waals surface area contributed by atoms with Crippen molar-refractivity contribution in [3.05, 3.63) is 29.3 Å². The van der Waals surface area contributed by atoms with Crippen LogP contribution in [0.2, 0.25) is 0 Å². The lowest BCUT2D eigenvalue weighted by atomic mass is 10.1. The van der Waals surface area contributed by atoms with Gasteiger partial charge in [0.2, 0.25) is 0 Å². The Hall–Kier alpha value is -1.39. The fourth-order valence-electron chi connectivity index (χ4n) is 2.87. The normalized spacial score (nSPS) is 17.5. The first-order valence-corrected chi connectivity index (χ1v) is 8.01. The van der Waals surface area contributed by atoms with E-state index in [0.717, 1.165) is 37.3 Å². The number of rotatable bonds is 3. The maximum absolute atomic E-state index is 12.2. The van der Waals surface area contributed by atoms with Crippen molar-refractivity contribution < 1.29 is 9.53 Å². The molecule has 0 spiro atoms. The topological polar surface area (TPSA) is 32.8 Å². The Kier molecular flexibility index (Phi) is 5.24. The fraction of sp³-hybridized carbons (Fsp3) is 0.611. The second-order valence-corrected chi connectivity index (χ2v) is 7.13. The molecule has 0 atom stereocenters. The predicted octanol–water partition coefficient (Wildman–Crippen LogP) is 2.62. The minimum Gasteiger partial charge on any atom is -0.425 e. The highest BCUT2D eigenvalue weighted by Gasteiger charge is 2.26. The van der Waals surface area contributed by atoms with E-state index in [9.17, 15) is 4.79 Å². The molecule has 4 nitrogen and oxygen atoms in total. The van der Waals surface area contributed by atoms with Gasteiger partial charge >= 0.3 is 5.97 Å². The van der Waals surface area contributed by atoms with Gasteiger partial charge in [-0.1, -0.05) is 18.2 Å². The van der Waals surface area contributed by atoms with Crippen molar-refractivity contribution in [1.29, 1.82) is 0 Å². The molecule has 4 heteroatoms. The van der Waals surface area contributed by atoms with Crippen molar-refractivity contribution >= 4 is 5.97 Å². The predicted molar refractivity (Wildman–Crippen MR) is 89.3 cm³/mol. The minimum atomic E-state index is -0.165. The zero-order valence-corrected chi connectivity index (χ0v) is 14.5. The van der Waals surface area contributed by atoms with Crippen molar-refractivity contribution in [2.75, 3.05) is 32.7 Å². The monoisotopic (exact) mass is 304 g/mol. The highest BCUT2D eigenvalue weighted by atomic mass is 16.5. The Morgan fingerprint density at radius 1 is 1.09 bits per heavy atom. The molecular weight excluding hydrogens is 276 g/mol. The van der Waals surface area contributed by atoms with E-state index in [-0.39, 0.29) is 11.5 Å². The SMILES string of the molecule is Cc1cccc(C)c1OC(=O)CN1CCN(C(C)(C)C)CC1. The number of esters is 1. The summed E-state index contributed by atoms with van der Waals surface area (Å²) in [6.07, 6.45) is 0. The summed E-state index contributed by atoms with van der Waals surface area (Å²) in [7, 11) is 0. The number of hydrogen-bond acceptors (Lipinski definition) is 4. The van der Waals surface area contributed by atoms with Gasteiger partial charge in [0.1, 0.15) is 5.75 Å². The van der Waals surface area contributed by atoms with E-state index in [2.05, 4.69) is 30.6 Å². The quantitative estimate of drug-likeness (QED) is 0.635. The van der Waals surface area contributed by atoms with Gasteiger partial charge in [-0.2, -0.15) is 0 Å². The summed E-state index contributed by atoms with van der Waals surface area (Å²) in [5, 5.41) is 0.